The second kappa shape index (κ2) is 5.38. The lowest BCUT2D eigenvalue weighted by molar-refractivity contribution is -0.123. The molecule has 16 heavy (non-hydrogen) atoms. The lowest BCUT2D eigenvalue weighted by Gasteiger charge is -2.38. The predicted octanol–water partition coefficient (Wildman–Crippen LogP) is 0.942. The molecule has 1 rings (SSSR count). The molecule has 2 amide bonds. The molecular formula is C9H16F3N3O. The number of hydrogen-bond acceptors (Lipinski definition) is 2. The molecule has 1 saturated heterocycles. The maximum absolute atomic E-state index is 11.9. The lowest BCUT2D eigenvalue weighted by atomic mass is 10.1. The minimum atomic E-state index is -4.36. The van der Waals surface area contributed by atoms with Crippen LogP contribution in [0.4, 0.5) is 18.0 Å². The highest BCUT2D eigenvalue weighted by molar-refractivity contribution is 5.74. The topological polar surface area (TPSA) is 44.4 Å². The number of urea groups is 1. The van der Waals surface area contributed by atoms with Gasteiger partial charge in [0.15, 0.2) is 0 Å². The average Bonchev–Trinajstić information content (AvgIpc) is 2.09. The second-order valence-corrected chi connectivity index (χ2v) is 3.78. The van der Waals surface area contributed by atoms with Gasteiger partial charge in [-0.1, -0.05) is 6.92 Å². The molecule has 0 aromatic rings. The van der Waals surface area contributed by atoms with Crippen molar-refractivity contribution in [1.29, 1.82) is 0 Å². The molecule has 0 saturated carbocycles. The summed E-state index contributed by atoms with van der Waals surface area (Å²) in [6, 6.07) is -0.612. The van der Waals surface area contributed by atoms with E-state index in [2.05, 4.69) is 5.32 Å². The Morgan fingerprint density at radius 3 is 2.50 bits per heavy atom. The van der Waals surface area contributed by atoms with Gasteiger partial charge in [-0.2, -0.15) is 13.2 Å². The molecule has 0 spiro atoms. The van der Waals surface area contributed by atoms with Gasteiger partial charge < -0.3 is 15.5 Å². The Bertz CT molecular complexity index is 241. The van der Waals surface area contributed by atoms with E-state index in [0.717, 1.165) is 6.42 Å². The molecule has 0 atom stereocenters. The standard InChI is InChI=1S/C9H16F3N3O/c1-2-3-15(7-4-13-5-7)8(16)14-6-9(10,11)12/h7,13H,2-6H2,1H3,(H,14,16). The highest BCUT2D eigenvalue weighted by Gasteiger charge is 2.32. The highest BCUT2D eigenvalue weighted by atomic mass is 19.4. The summed E-state index contributed by atoms with van der Waals surface area (Å²) >= 11 is 0. The Balaban J connectivity index is 2.41. The van der Waals surface area contributed by atoms with Crippen LogP contribution in [0.15, 0.2) is 0 Å². The van der Waals surface area contributed by atoms with Gasteiger partial charge in [-0.15, -0.1) is 0 Å². The summed E-state index contributed by atoms with van der Waals surface area (Å²) in [4.78, 5) is 13.0. The maximum atomic E-state index is 11.9. The van der Waals surface area contributed by atoms with Crippen LogP contribution in [0.3, 0.4) is 0 Å². The Hall–Kier alpha value is -0.980. The van der Waals surface area contributed by atoms with Crippen LogP contribution in [0.1, 0.15) is 13.3 Å². The molecular weight excluding hydrogens is 223 g/mol. The SMILES string of the molecule is CCCN(C(=O)NCC(F)(F)F)C1CNC1. The summed E-state index contributed by atoms with van der Waals surface area (Å²) in [7, 11) is 0. The summed E-state index contributed by atoms with van der Waals surface area (Å²) in [6.45, 7) is 2.40. The molecule has 2 N–H and O–H groups in total. The zero-order valence-corrected chi connectivity index (χ0v) is 9.10. The van der Waals surface area contributed by atoms with Crippen molar-refractivity contribution >= 4 is 6.03 Å². The van der Waals surface area contributed by atoms with Crippen LogP contribution in [0.5, 0.6) is 0 Å². The summed E-state index contributed by atoms with van der Waals surface area (Å²) in [5.41, 5.74) is 0. The molecule has 7 heteroatoms. The van der Waals surface area contributed by atoms with Crippen LogP contribution in [-0.2, 0) is 0 Å². The summed E-state index contributed by atoms with van der Waals surface area (Å²) < 4.78 is 35.7. The number of carbonyl (C=O) groups is 1. The van der Waals surface area contributed by atoms with Crippen molar-refractivity contribution < 1.29 is 18.0 Å². The van der Waals surface area contributed by atoms with Crippen molar-refractivity contribution in [2.75, 3.05) is 26.2 Å². The number of hydrogen-bond donors (Lipinski definition) is 2. The van der Waals surface area contributed by atoms with Crippen molar-refractivity contribution in [3.8, 4) is 0 Å². The number of alkyl halides is 3. The molecule has 0 aromatic carbocycles. The first-order valence-corrected chi connectivity index (χ1v) is 5.26. The van der Waals surface area contributed by atoms with Crippen molar-refractivity contribution in [1.82, 2.24) is 15.5 Å². The summed E-state index contributed by atoms with van der Waals surface area (Å²) in [5, 5.41) is 4.87. The van der Waals surface area contributed by atoms with Gasteiger partial charge in [0.05, 0.1) is 6.04 Å². The highest BCUT2D eigenvalue weighted by Crippen LogP contribution is 2.13. The van der Waals surface area contributed by atoms with Gasteiger partial charge in [0, 0.05) is 19.6 Å². The Labute approximate surface area is 92.2 Å². The second-order valence-electron chi connectivity index (χ2n) is 3.78. The van der Waals surface area contributed by atoms with Gasteiger partial charge in [-0.25, -0.2) is 4.79 Å². The molecule has 1 aliphatic rings. The molecule has 1 aliphatic heterocycles. The van der Waals surface area contributed by atoms with Crippen LogP contribution in [0.2, 0.25) is 0 Å². The molecule has 0 aromatic heterocycles. The molecule has 1 heterocycles. The predicted molar refractivity (Wildman–Crippen MR) is 53.1 cm³/mol. The van der Waals surface area contributed by atoms with E-state index in [1.165, 1.54) is 4.90 Å². The molecule has 0 unspecified atom stereocenters. The first-order valence-electron chi connectivity index (χ1n) is 5.26. The first-order chi connectivity index (χ1) is 7.44. The van der Waals surface area contributed by atoms with Gasteiger partial charge >= 0.3 is 12.2 Å². The molecule has 1 fully saturated rings. The molecule has 0 aliphatic carbocycles. The number of nitrogens with one attached hydrogen (secondary N) is 2. The number of halogens is 3. The minimum Gasteiger partial charge on any atom is -0.329 e. The van der Waals surface area contributed by atoms with E-state index in [-0.39, 0.29) is 6.04 Å². The van der Waals surface area contributed by atoms with E-state index in [9.17, 15) is 18.0 Å². The lowest BCUT2D eigenvalue weighted by Crippen LogP contribution is -2.61. The molecule has 0 bridgehead atoms. The van der Waals surface area contributed by atoms with Crippen LogP contribution in [-0.4, -0.2) is 49.3 Å². The van der Waals surface area contributed by atoms with E-state index >= 15 is 0 Å². The van der Waals surface area contributed by atoms with E-state index < -0.39 is 18.8 Å². The first kappa shape index (κ1) is 13.1. The van der Waals surface area contributed by atoms with Crippen molar-refractivity contribution in [3.63, 3.8) is 0 Å². The van der Waals surface area contributed by atoms with Crippen molar-refractivity contribution in [2.45, 2.75) is 25.6 Å². The smallest absolute Gasteiger partial charge is 0.329 e. The maximum Gasteiger partial charge on any atom is 0.405 e. The number of rotatable bonds is 4. The van der Waals surface area contributed by atoms with Gasteiger partial charge in [0.1, 0.15) is 6.54 Å². The number of nitrogens with zero attached hydrogens (tertiary/aromatic N) is 1. The third-order valence-corrected chi connectivity index (χ3v) is 2.37. The average molecular weight is 239 g/mol. The summed E-state index contributed by atoms with van der Waals surface area (Å²) in [6.07, 6.45) is -3.62. The van der Waals surface area contributed by atoms with Crippen LogP contribution < -0.4 is 10.6 Å². The van der Waals surface area contributed by atoms with E-state index in [4.69, 9.17) is 0 Å². The van der Waals surface area contributed by atoms with E-state index in [1.54, 1.807) is 0 Å². The molecule has 0 radical (unpaired) electrons. The number of amides is 2. The minimum absolute atomic E-state index is 0.0215. The molecule has 94 valence electrons. The normalized spacial score (nSPS) is 16.8. The van der Waals surface area contributed by atoms with Gasteiger partial charge in [-0.3, -0.25) is 0 Å². The van der Waals surface area contributed by atoms with Gasteiger partial charge in [0.25, 0.3) is 0 Å². The Morgan fingerprint density at radius 1 is 1.50 bits per heavy atom. The van der Waals surface area contributed by atoms with Crippen LogP contribution in [0, 0.1) is 0 Å². The Morgan fingerprint density at radius 2 is 2.12 bits per heavy atom. The third-order valence-electron chi connectivity index (χ3n) is 2.37. The van der Waals surface area contributed by atoms with Gasteiger partial charge in [-0.05, 0) is 6.42 Å². The van der Waals surface area contributed by atoms with Crippen LogP contribution >= 0.6 is 0 Å². The Kier molecular flexibility index (Phi) is 4.40. The fourth-order valence-corrected chi connectivity index (χ4v) is 1.46. The zero-order chi connectivity index (χ0) is 12.2. The van der Waals surface area contributed by atoms with E-state index in [0.29, 0.717) is 19.6 Å². The fourth-order valence-electron chi connectivity index (χ4n) is 1.46. The van der Waals surface area contributed by atoms with E-state index in [1.807, 2.05) is 12.2 Å². The van der Waals surface area contributed by atoms with Crippen molar-refractivity contribution in [2.24, 2.45) is 0 Å². The quantitative estimate of drug-likeness (QED) is 0.767. The van der Waals surface area contributed by atoms with Gasteiger partial charge in [0.2, 0.25) is 0 Å². The van der Waals surface area contributed by atoms with Crippen LogP contribution in [0.25, 0.3) is 0 Å². The third kappa shape index (κ3) is 3.88. The molecule has 4 nitrogen and oxygen atoms in total. The number of carbonyl (C=O) groups excluding carboxylic acids is 1. The largest absolute Gasteiger partial charge is 0.405 e. The van der Waals surface area contributed by atoms with Crippen molar-refractivity contribution in [3.05, 3.63) is 0 Å². The fraction of sp³-hybridized carbons (Fsp3) is 0.889. The summed E-state index contributed by atoms with van der Waals surface area (Å²) in [5.74, 6) is 0. The monoisotopic (exact) mass is 239 g/mol. The zero-order valence-electron chi connectivity index (χ0n) is 9.10.